The van der Waals surface area contributed by atoms with E-state index in [-0.39, 0.29) is 0 Å². The third-order valence-electron chi connectivity index (χ3n) is 16.0. The molecule has 0 N–H and O–H groups in total. The van der Waals surface area contributed by atoms with E-state index in [2.05, 4.69) is 285 Å². The van der Waals surface area contributed by atoms with Gasteiger partial charge < -0.3 is 18.3 Å². The van der Waals surface area contributed by atoms with E-state index in [0.717, 1.165) is 144 Å². The number of rotatable bonds is 7. The van der Waals surface area contributed by atoms with Gasteiger partial charge in [-0.15, -0.1) is 0 Å². The molecule has 0 aliphatic rings. The normalized spacial score (nSPS) is 11.8. The fraction of sp³-hybridized carbons (Fsp3) is 0. The highest BCUT2D eigenvalue weighted by molar-refractivity contribution is 6.17. The first-order valence-corrected chi connectivity index (χ1v) is 26.5. The Morgan fingerprint density at radius 3 is 0.923 bits per heavy atom. The number of pyridine rings is 1. The van der Waals surface area contributed by atoms with Gasteiger partial charge in [-0.2, -0.15) is 5.26 Å². The Kier molecular flexibility index (Phi) is 9.60. The molecular weight excluding hydrogens is 949 g/mol. The van der Waals surface area contributed by atoms with E-state index in [1.165, 1.54) is 0 Å². The lowest BCUT2D eigenvalue weighted by Crippen LogP contribution is -2.16. The molecule has 0 radical (unpaired) electrons. The fourth-order valence-corrected chi connectivity index (χ4v) is 12.8. The molecule has 5 heterocycles. The number of nitrogens with zero attached hydrogens (tertiary/aromatic N) is 6. The molecule has 0 amide bonds. The van der Waals surface area contributed by atoms with Crippen LogP contribution < -0.4 is 0 Å². The summed E-state index contributed by atoms with van der Waals surface area (Å²) >= 11 is 0. The van der Waals surface area contributed by atoms with Crippen LogP contribution in [-0.2, 0) is 0 Å². The molecule has 6 heteroatoms. The Morgan fingerprint density at radius 1 is 0.269 bits per heavy atom. The summed E-state index contributed by atoms with van der Waals surface area (Å²) in [5.74, 6) is 0. The van der Waals surface area contributed by atoms with Crippen LogP contribution in [0.3, 0.4) is 0 Å². The average Bonchev–Trinajstić information content (AvgIpc) is 4.27. The summed E-state index contributed by atoms with van der Waals surface area (Å²) in [7, 11) is 0. The molecule has 0 unspecified atom stereocenters. The highest BCUT2D eigenvalue weighted by atomic mass is 15.1. The monoisotopic (exact) mass is 992 g/mol. The van der Waals surface area contributed by atoms with E-state index in [4.69, 9.17) is 4.98 Å². The predicted octanol–water partition coefficient (Wildman–Crippen LogP) is 18.3. The summed E-state index contributed by atoms with van der Waals surface area (Å²) < 4.78 is 9.71. The van der Waals surface area contributed by atoms with Crippen molar-refractivity contribution in [3.63, 3.8) is 0 Å². The summed E-state index contributed by atoms with van der Waals surface area (Å²) in [5, 5.41) is 21.8. The Bertz CT molecular complexity index is 4950. The zero-order chi connectivity index (χ0) is 51.4. The topological polar surface area (TPSA) is 56.4 Å². The fourth-order valence-electron chi connectivity index (χ4n) is 12.8. The Hall–Kier alpha value is -10.7. The molecule has 0 saturated heterocycles. The number of fused-ring (bicyclic) bond motifs is 12. The third kappa shape index (κ3) is 6.21. The number of aromatic nitrogens is 5. The highest BCUT2D eigenvalue weighted by Crippen LogP contribution is 2.53. The maximum atomic E-state index is 12.9. The number of nitriles is 1. The van der Waals surface area contributed by atoms with Crippen molar-refractivity contribution in [1.29, 1.82) is 5.26 Å². The van der Waals surface area contributed by atoms with E-state index in [9.17, 15) is 5.26 Å². The average molecular weight is 993 g/mol. The van der Waals surface area contributed by atoms with Crippen LogP contribution in [0, 0.1) is 11.3 Å². The summed E-state index contributed by atoms with van der Waals surface area (Å²) in [6, 6.07) is 98.1. The molecule has 0 spiro atoms. The lowest BCUT2D eigenvalue weighted by Gasteiger charge is -2.30. The van der Waals surface area contributed by atoms with E-state index < -0.39 is 0 Å². The van der Waals surface area contributed by atoms with Crippen molar-refractivity contribution in [2.45, 2.75) is 0 Å². The Morgan fingerprint density at radius 2 is 0.564 bits per heavy atom. The Balaban J connectivity index is 1.27. The van der Waals surface area contributed by atoms with Gasteiger partial charge in [0, 0.05) is 65.3 Å². The van der Waals surface area contributed by atoms with Crippen molar-refractivity contribution < 1.29 is 0 Å². The van der Waals surface area contributed by atoms with Crippen LogP contribution in [0.2, 0.25) is 0 Å². The van der Waals surface area contributed by atoms with Crippen molar-refractivity contribution in [1.82, 2.24) is 23.3 Å². The minimum atomic E-state index is 0.510. The van der Waals surface area contributed by atoms with Crippen molar-refractivity contribution in [3.8, 4) is 62.5 Å². The minimum absolute atomic E-state index is 0.510. The van der Waals surface area contributed by atoms with Crippen molar-refractivity contribution in [2.75, 3.05) is 0 Å². The Labute approximate surface area is 448 Å². The van der Waals surface area contributed by atoms with Crippen molar-refractivity contribution in [2.24, 2.45) is 0 Å². The quantitative estimate of drug-likeness (QED) is 0.160. The second kappa shape index (κ2) is 17.2. The van der Waals surface area contributed by atoms with Gasteiger partial charge >= 0.3 is 0 Å². The van der Waals surface area contributed by atoms with Gasteiger partial charge in [0.25, 0.3) is 0 Å². The van der Waals surface area contributed by atoms with Gasteiger partial charge in [0.2, 0.25) is 0 Å². The van der Waals surface area contributed by atoms with Crippen LogP contribution in [0.1, 0.15) is 5.56 Å². The first-order valence-electron chi connectivity index (χ1n) is 26.5. The van der Waals surface area contributed by atoms with Crippen LogP contribution in [0.25, 0.3) is 144 Å². The number of para-hydroxylation sites is 8. The van der Waals surface area contributed by atoms with Crippen LogP contribution in [0.5, 0.6) is 0 Å². The second-order valence-corrected chi connectivity index (χ2v) is 20.1. The zero-order valence-corrected chi connectivity index (χ0v) is 42.1. The summed E-state index contributed by atoms with van der Waals surface area (Å²) in [6.07, 6.45) is 0. The van der Waals surface area contributed by atoms with E-state index in [1.54, 1.807) is 0 Å². The molecule has 362 valence electrons. The SMILES string of the molecule is N#Cc1c(-n2c3ccccc3c3ccccc32)c(-c2ccc(-c3ccccc3)nc2-c2ccccc2)c(-n2c3ccccc3c3ccccc32)c(-n2c3ccccc3c3ccccc32)c1-n1c2ccccc2c2ccccc21. The first-order chi connectivity index (χ1) is 38.7. The van der Waals surface area contributed by atoms with Crippen LogP contribution >= 0.6 is 0 Å². The van der Waals surface area contributed by atoms with Crippen LogP contribution in [0.15, 0.2) is 267 Å². The molecule has 0 saturated carbocycles. The lowest BCUT2D eigenvalue weighted by molar-refractivity contribution is 1.03. The number of hydrogen-bond acceptors (Lipinski definition) is 2. The molecule has 11 aromatic carbocycles. The van der Waals surface area contributed by atoms with Gasteiger partial charge in [0.1, 0.15) is 11.6 Å². The molecule has 78 heavy (non-hydrogen) atoms. The standard InChI is InChI=1S/C72H44N6/c73-45-57-69(75-59-35-15-7-27-48(59)49-28-8-16-36-60(49)75)67(56-43-44-58(46-23-3-1-4-24-46)74-68(56)47-25-5-2-6-26-47)71(77-63-39-19-11-31-52(63)53-32-12-20-40-64(53)77)72(78-65-41-21-13-33-54(65)55-34-14-22-42-66(55)78)70(57)76-61-37-17-9-29-50(61)51-30-10-18-38-62(51)76/h1-44H. The van der Waals surface area contributed by atoms with E-state index in [0.29, 0.717) is 5.56 Å². The van der Waals surface area contributed by atoms with Crippen LogP contribution in [-0.4, -0.2) is 23.3 Å². The number of hydrogen-bond donors (Lipinski definition) is 0. The first kappa shape index (κ1) is 43.6. The molecule has 5 aromatic heterocycles. The smallest absolute Gasteiger partial charge is 0.104 e. The molecule has 16 rings (SSSR count). The minimum Gasteiger partial charge on any atom is -0.307 e. The zero-order valence-electron chi connectivity index (χ0n) is 42.1. The molecular formula is C72H44N6. The maximum Gasteiger partial charge on any atom is 0.104 e. The van der Waals surface area contributed by atoms with E-state index in [1.807, 2.05) is 6.07 Å². The van der Waals surface area contributed by atoms with Gasteiger partial charge in [0.15, 0.2) is 0 Å². The van der Waals surface area contributed by atoms with Gasteiger partial charge in [0.05, 0.1) is 78.3 Å². The highest BCUT2D eigenvalue weighted by Gasteiger charge is 2.36. The lowest BCUT2D eigenvalue weighted by atomic mass is 9.90. The molecule has 0 aliphatic carbocycles. The maximum absolute atomic E-state index is 12.9. The van der Waals surface area contributed by atoms with Crippen molar-refractivity contribution >= 4 is 87.2 Å². The molecule has 6 nitrogen and oxygen atoms in total. The van der Waals surface area contributed by atoms with Gasteiger partial charge in [-0.05, 0) is 60.7 Å². The molecule has 16 aromatic rings. The molecule has 0 atom stereocenters. The summed E-state index contributed by atoms with van der Waals surface area (Å²) in [6.45, 7) is 0. The van der Waals surface area contributed by atoms with Crippen molar-refractivity contribution in [3.05, 3.63) is 272 Å². The third-order valence-corrected chi connectivity index (χ3v) is 16.0. The van der Waals surface area contributed by atoms with Gasteiger partial charge in [-0.3, -0.25) is 0 Å². The largest absolute Gasteiger partial charge is 0.307 e. The summed E-state index contributed by atoms with van der Waals surface area (Å²) in [5.41, 5.74) is 17.2. The van der Waals surface area contributed by atoms with Gasteiger partial charge in [-0.1, -0.05) is 206 Å². The predicted molar refractivity (Wildman–Crippen MR) is 323 cm³/mol. The summed E-state index contributed by atoms with van der Waals surface area (Å²) in [4.78, 5) is 5.77. The van der Waals surface area contributed by atoms with Gasteiger partial charge in [-0.25, -0.2) is 4.98 Å². The molecule has 0 fully saturated rings. The van der Waals surface area contributed by atoms with E-state index >= 15 is 0 Å². The number of benzene rings is 11. The molecule has 0 aliphatic heterocycles. The molecule has 0 bridgehead atoms. The van der Waals surface area contributed by atoms with Crippen LogP contribution in [0.4, 0.5) is 0 Å². The second-order valence-electron chi connectivity index (χ2n) is 20.1.